The van der Waals surface area contributed by atoms with Crippen LogP contribution in [0.15, 0.2) is 47.0 Å². The second-order valence-electron chi connectivity index (χ2n) is 5.93. The Morgan fingerprint density at radius 1 is 1.25 bits per heavy atom. The summed E-state index contributed by atoms with van der Waals surface area (Å²) >= 11 is 0. The zero-order valence-electron chi connectivity index (χ0n) is 13.3. The Morgan fingerprint density at radius 3 is 2.83 bits per heavy atom. The lowest BCUT2D eigenvalue weighted by atomic mass is 10.1. The molecule has 1 saturated heterocycles. The largest absolute Gasteiger partial charge is 0.370 e. The van der Waals surface area contributed by atoms with Gasteiger partial charge in [-0.25, -0.2) is 0 Å². The average molecular weight is 323 g/mol. The van der Waals surface area contributed by atoms with Crippen LogP contribution in [0, 0.1) is 6.92 Å². The van der Waals surface area contributed by atoms with E-state index in [4.69, 9.17) is 9.26 Å². The first-order valence-corrected chi connectivity index (χ1v) is 7.88. The zero-order chi connectivity index (χ0) is 16.5. The molecule has 1 fully saturated rings. The third-order valence-corrected chi connectivity index (χ3v) is 4.20. The number of amides is 1. The van der Waals surface area contributed by atoms with Gasteiger partial charge in [-0.1, -0.05) is 47.6 Å². The van der Waals surface area contributed by atoms with Crippen molar-refractivity contribution in [2.45, 2.75) is 19.6 Å². The molecule has 1 aliphatic rings. The number of ether oxygens (including phenoxy) is 1. The number of rotatable bonds is 4. The summed E-state index contributed by atoms with van der Waals surface area (Å²) < 4.78 is 10.8. The van der Waals surface area contributed by atoms with E-state index >= 15 is 0 Å². The van der Waals surface area contributed by atoms with E-state index in [0.29, 0.717) is 25.5 Å². The molecule has 0 unspecified atom stereocenters. The molecule has 0 radical (unpaired) electrons. The lowest BCUT2D eigenvalue weighted by Gasteiger charge is -2.37. The topological polar surface area (TPSA) is 68.5 Å². The summed E-state index contributed by atoms with van der Waals surface area (Å²) in [6.07, 6.45) is 0.0388. The van der Waals surface area contributed by atoms with E-state index < -0.39 is 0 Å². The van der Waals surface area contributed by atoms with Crippen molar-refractivity contribution in [3.63, 3.8) is 0 Å². The predicted octanol–water partition coefficient (Wildman–Crippen LogP) is 2.57. The Kier molecular flexibility index (Phi) is 3.74. The van der Waals surface area contributed by atoms with Crippen molar-refractivity contribution in [1.82, 2.24) is 15.0 Å². The van der Waals surface area contributed by atoms with Crippen molar-refractivity contribution < 1.29 is 14.1 Å². The molecule has 1 amide bonds. The van der Waals surface area contributed by atoms with Crippen molar-refractivity contribution in [3.8, 4) is 0 Å². The maximum absolute atomic E-state index is 12.1. The van der Waals surface area contributed by atoms with E-state index in [0.717, 1.165) is 5.56 Å². The van der Waals surface area contributed by atoms with Crippen molar-refractivity contribution >= 4 is 16.7 Å². The number of fused-ring (bicyclic) bond motifs is 1. The minimum Gasteiger partial charge on any atom is -0.370 e. The van der Waals surface area contributed by atoms with Gasteiger partial charge in [0, 0.05) is 13.1 Å². The average Bonchev–Trinajstić information content (AvgIpc) is 3.00. The number of carbonyl (C=O) groups is 1. The summed E-state index contributed by atoms with van der Waals surface area (Å²) in [5.41, 5.74) is 1.16. The Hall–Kier alpha value is -2.73. The fourth-order valence-corrected chi connectivity index (χ4v) is 2.85. The van der Waals surface area contributed by atoms with Gasteiger partial charge in [0.1, 0.15) is 0 Å². The van der Waals surface area contributed by atoms with Crippen LogP contribution >= 0.6 is 0 Å². The van der Waals surface area contributed by atoms with Gasteiger partial charge in [0.25, 0.3) is 0 Å². The normalized spacial score (nSPS) is 14.8. The van der Waals surface area contributed by atoms with Crippen LogP contribution in [-0.2, 0) is 11.3 Å². The molecule has 0 spiro atoms. The number of aryl methyl sites for hydroxylation is 1. The Morgan fingerprint density at radius 2 is 2.04 bits per heavy atom. The quantitative estimate of drug-likeness (QED) is 0.738. The molecule has 24 heavy (non-hydrogen) atoms. The van der Waals surface area contributed by atoms with Crippen LogP contribution in [0.2, 0.25) is 0 Å². The van der Waals surface area contributed by atoms with E-state index in [1.807, 2.05) is 18.2 Å². The molecule has 122 valence electrons. The number of benzene rings is 2. The van der Waals surface area contributed by atoms with E-state index in [9.17, 15) is 4.79 Å². The standard InChI is InChI=1S/C18H17N3O3/c1-12-19-17(24-20-12)18(22)21-9-15(10-21)23-11-14-7-4-6-13-5-2-3-8-16(13)14/h2-8,15H,9-11H2,1H3. The van der Waals surface area contributed by atoms with Gasteiger partial charge < -0.3 is 14.2 Å². The lowest BCUT2D eigenvalue weighted by molar-refractivity contribution is -0.0513. The second kappa shape index (κ2) is 6.05. The molecule has 6 nitrogen and oxygen atoms in total. The van der Waals surface area contributed by atoms with Gasteiger partial charge >= 0.3 is 11.8 Å². The van der Waals surface area contributed by atoms with E-state index in [1.165, 1.54) is 10.8 Å². The minimum absolute atomic E-state index is 0.0388. The lowest BCUT2D eigenvalue weighted by Crippen LogP contribution is -2.54. The van der Waals surface area contributed by atoms with Gasteiger partial charge in [0.15, 0.2) is 5.82 Å². The molecule has 2 heterocycles. The number of hydrogen-bond acceptors (Lipinski definition) is 5. The summed E-state index contributed by atoms with van der Waals surface area (Å²) in [5, 5.41) is 6.04. The SMILES string of the molecule is Cc1noc(C(=O)N2CC(OCc3cccc4ccccc34)C2)n1. The molecule has 0 saturated carbocycles. The Bertz CT molecular complexity index is 879. The molecule has 2 aromatic carbocycles. The van der Waals surface area contributed by atoms with Crippen LogP contribution in [0.25, 0.3) is 10.8 Å². The van der Waals surface area contributed by atoms with Gasteiger partial charge in [-0.3, -0.25) is 4.79 Å². The van der Waals surface area contributed by atoms with Gasteiger partial charge in [-0.15, -0.1) is 0 Å². The molecular weight excluding hydrogens is 306 g/mol. The number of carbonyl (C=O) groups excluding carboxylic acids is 1. The summed E-state index contributed by atoms with van der Waals surface area (Å²) in [6.45, 7) is 3.32. The highest BCUT2D eigenvalue weighted by Crippen LogP contribution is 2.22. The number of nitrogens with zero attached hydrogens (tertiary/aromatic N) is 3. The minimum atomic E-state index is -0.236. The summed E-state index contributed by atoms with van der Waals surface area (Å²) in [6, 6.07) is 14.5. The highest BCUT2D eigenvalue weighted by molar-refractivity contribution is 5.90. The van der Waals surface area contributed by atoms with Crippen molar-refractivity contribution in [2.24, 2.45) is 0 Å². The molecule has 0 N–H and O–H groups in total. The third-order valence-electron chi connectivity index (χ3n) is 4.20. The number of likely N-dealkylation sites (tertiary alicyclic amines) is 1. The van der Waals surface area contributed by atoms with Gasteiger partial charge in [-0.2, -0.15) is 4.98 Å². The fraction of sp³-hybridized carbons (Fsp3) is 0.278. The van der Waals surface area contributed by atoms with Crippen LogP contribution in [-0.4, -0.2) is 40.1 Å². The maximum atomic E-state index is 12.1. The van der Waals surface area contributed by atoms with Crippen LogP contribution in [0.4, 0.5) is 0 Å². The van der Waals surface area contributed by atoms with Crippen molar-refractivity contribution in [2.75, 3.05) is 13.1 Å². The van der Waals surface area contributed by atoms with E-state index in [2.05, 4.69) is 34.4 Å². The van der Waals surface area contributed by atoms with E-state index in [-0.39, 0.29) is 17.9 Å². The Balaban J connectivity index is 1.34. The molecule has 3 aromatic rings. The first-order chi connectivity index (χ1) is 11.7. The maximum Gasteiger partial charge on any atom is 0.316 e. The van der Waals surface area contributed by atoms with Crippen LogP contribution < -0.4 is 0 Å². The van der Waals surface area contributed by atoms with Crippen molar-refractivity contribution in [3.05, 3.63) is 59.7 Å². The van der Waals surface area contributed by atoms with Crippen LogP contribution in [0.3, 0.4) is 0 Å². The van der Waals surface area contributed by atoms with Crippen molar-refractivity contribution in [1.29, 1.82) is 0 Å². The van der Waals surface area contributed by atoms with Gasteiger partial charge in [0.2, 0.25) is 0 Å². The third kappa shape index (κ3) is 2.76. The number of hydrogen-bond donors (Lipinski definition) is 0. The molecule has 0 atom stereocenters. The zero-order valence-corrected chi connectivity index (χ0v) is 13.3. The molecule has 0 aliphatic carbocycles. The molecule has 0 bridgehead atoms. The fourth-order valence-electron chi connectivity index (χ4n) is 2.85. The molecular formula is C18H17N3O3. The number of aromatic nitrogens is 2. The smallest absolute Gasteiger partial charge is 0.316 e. The van der Waals surface area contributed by atoms with Gasteiger partial charge in [-0.05, 0) is 23.3 Å². The highest BCUT2D eigenvalue weighted by Gasteiger charge is 2.34. The monoisotopic (exact) mass is 323 g/mol. The Labute approximate surface area is 139 Å². The van der Waals surface area contributed by atoms with Gasteiger partial charge in [0.05, 0.1) is 12.7 Å². The highest BCUT2D eigenvalue weighted by atomic mass is 16.5. The molecule has 1 aromatic heterocycles. The molecule has 6 heteroatoms. The summed E-state index contributed by atoms with van der Waals surface area (Å²) in [4.78, 5) is 17.7. The summed E-state index contributed by atoms with van der Waals surface area (Å²) in [5.74, 6) is 0.267. The first-order valence-electron chi connectivity index (χ1n) is 7.88. The van der Waals surface area contributed by atoms with Crippen LogP contribution in [0.5, 0.6) is 0 Å². The van der Waals surface area contributed by atoms with E-state index in [1.54, 1.807) is 11.8 Å². The predicted molar refractivity (Wildman–Crippen MR) is 87.5 cm³/mol. The second-order valence-corrected chi connectivity index (χ2v) is 5.93. The molecule has 1 aliphatic heterocycles. The van der Waals surface area contributed by atoms with Crippen LogP contribution in [0.1, 0.15) is 22.1 Å². The molecule has 4 rings (SSSR count). The first kappa shape index (κ1) is 14.8. The summed E-state index contributed by atoms with van der Waals surface area (Å²) in [7, 11) is 0.